The normalized spacial score (nSPS) is 28.0. The van der Waals surface area contributed by atoms with Crippen LogP contribution in [0.3, 0.4) is 0 Å². The SMILES string of the molecule is CC(=O)N1CCC(SN2CCN(C3CCC(C)CC3)CC2)CC1.CC(C)C=O. The van der Waals surface area contributed by atoms with Crippen molar-refractivity contribution < 1.29 is 9.59 Å². The molecular formula is C22H41N3O2S. The fourth-order valence-electron chi connectivity index (χ4n) is 4.27. The van der Waals surface area contributed by atoms with Gasteiger partial charge in [-0.05, 0) is 44.4 Å². The molecule has 28 heavy (non-hydrogen) atoms. The second-order valence-corrected chi connectivity index (χ2v) is 10.5. The van der Waals surface area contributed by atoms with E-state index in [4.69, 9.17) is 0 Å². The van der Waals surface area contributed by atoms with Gasteiger partial charge in [-0.3, -0.25) is 9.69 Å². The number of piperidine rings is 1. The van der Waals surface area contributed by atoms with Gasteiger partial charge in [-0.25, -0.2) is 4.31 Å². The number of rotatable bonds is 4. The van der Waals surface area contributed by atoms with Gasteiger partial charge in [-0.15, -0.1) is 0 Å². The molecule has 5 nitrogen and oxygen atoms in total. The molecule has 0 bridgehead atoms. The van der Waals surface area contributed by atoms with Crippen LogP contribution in [-0.2, 0) is 9.59 Å². The molecule has 0 aromatic heterocycles. The van der Waals surface area contributed by atoms with Crippen molar-refractivity contribution in [1.82, 2.24) is 14.1 Å². The maximum Gasteiger partial charge on any atom is 0.219 e. The zero-order valence-electron chi connectivity index (χ0n) is 18.4. The van der Waals surface area contributed by atoms with Crippen LogP contribution in [0.25, 0.3) is 0 Å². The second kappa shape index (κ2) is 12.2. The van der Waals surface area contributed by atoms with Crippen LogP contribution >= 0.6 is 11.9 Å². The number of likely N-dealkylation sites (tertiary alicyclic amines) is 1. The monoisotopic (exact) mass is 411 g/mol. The van der Waals surface area contributed by atoms with Crippen molar-refractivity contribution in [1.29, 1.82) is 0 Å². The zero-order valence-corrected chi connectivity index (χ0v) is 19.3. The molecule has 0 N–H and O–H groups in total. The summed E-state index contributed by atoms with van der Waals surface area (Å²) in [6.07, 6.45) is 8.91. The largest absolute Gasteiger partial charge is 0.343 e. The highest BCUT2D eigenvalue weighted by molar-refractivity contribution is 7.97. The van der Waals surface area contributed by atoms with E-state index in [1.165, 1.54) is 51.9 Å². The summed E-state index contributed by atoms with van der Waals surface area (Å²) in [6, 6.07) is 0.858. The average molecular weight is 412 g/mol. The molecule has 0 atom stereocenters. The molecule has 1 saturated carbocycles. The van der Waals surface area contributed by atoms with Crippen molar-refractivity contribution >= 4 is 24.1 Å². The molecular weight excluding hydrogens is 370 g/mol. The molecule has 0 aromatic rings. The summed E-state index contributed by atoms with van der Waals surface area (Å²) in [5, 5.41) is 0.715. The summed E-state index contributed by atoms with van der Waals surface area (Å²) in [6.45, 7) is 14.6. The number of piperazine rings is 1. The van der Waals surface area contributed by atoms with Gasteiger partial charge in [0.2, 0.25) is 5.91 Å². The third kappa shape index (κ3) is 8.03. The Bertz CT molecular complexity index is 464. The van der Waals surface area contributed by atoms with Gasteiger partial charge in [0, 0.05) is 63.4 Å². The second-order valence-electron chi connectivity index (χ2n) is 9.07. The van der Waals surface area contributed by atoms with Crippen molar-refractivity contribution in [2.24, 2.45) is 11.8 Å². The van der Waals surface area contributed by atoms with Gasteiger partial charge in [-0.1, -0.05) is 32.7 Å². The van der Waals surface area contributed by atoms with Gasteiger partial charge in [0.05, 0.1) is 0 Å². The average Bonchev–Trinajstić information content (AvgIpc) is 2.70. The Morgan fingerprint density at radius 1 is 0.929 bits per heavy atom. The van der Waals surface area contributed by atoms with Crippen LogP contribution < -0.4 is 0 Å². The molecule has 1 aliphatic carbocycles. The topological polar surface area (TPSA) is 43.9 Å². The number of carbonyl (C=O) groups is 2. The molecule has 1 amide bonds. The van der Waals surface area contributed by atoms with E-state index in [1.54, 1.807) is 6.92 Å². The minimum absolute atomic E-state index is 0.204. The lowest BCUT2D eigenvalue weighted by Crippen LogP contribution is -2.49. The molecule has 2 aliphatic heterocycles. The summed E-state index contributed by atoms with van der Waals surface area (Å²) >= 11 is 2.07. The van der Waals surface area contributed by atoms with E-state index in [9.17, 15) is 9.59 Å². The summed E-state index contributed by atoms with van der Waals surface area (Å²) in [5.41, 5.74) is 0. The van der Waals surface area contributed by atoms with Gasteiger partial charge in [0.15, 0.2) is 0 Å². The summed E-state index contributed by atoms with van der Waals surface area (Å²) in [7, 11) is 0. The predicted molar refractivity (Wildman–Crippen MR) is 118 cm³/mol. The third-order valence-electron chi connectivity index (χ3n) is 6.23. The van der Waals surface area contributed by atoms with Gasteiger partial charge in [-0.2, -0.15) is 0 Å². The number of aldehydes is 1. The first-order chi connectivity index (χ1) is 13.4. The standard InChI is InChI=1S/C18H33N3OS.C4H8O/c1-15-3-5-17(6-4-15)20-11-13-21(14-12-20)23-18-7-9-19(10-8-18)16(2)22;1-4(2)3-5/h15,17-18H,3-14H2,1-2H3;3-4H,1-2H3. The molecule has 162 valence electrons. The van der Waals surface area contributed by atoms with Gasteiger partial charge in [0.1, 0.15) is 6.29 Å². The molecule has 3 aliphatic rings. The Balaban J connectivity index is 0.000000500. The van der Waals surface area contributed by atoms with E-state index in [0.29, 0.717) is 5.25 Å². The fourth-order valence-corrected chi connectivity index (χ4v) is 5.49. The van der Waals surface area contributed by atoms with Crippen molar-refractivity contribution in [3.8, 4) is 0 Å². The van der Waals surface area contributed by atoms with E-state index in [2.05, 4.69) is 28.1 Å². The van der Waals surface area contributed by atoms with Crippen LogP contribution in [0.5, 0.6) is 0 Å². The first kappa shape index (κ1) is 23.7. The molecule has 0 spiro atoms. The van der Waals surface area contributed by atoms with E-state index in [1.807, 2.05) is 18.7 Å². The Morgan fingerprint density at radius 3 is 1.93 bits per heavy atom. The Labute approximate surface area is 176 Å². The van der Waals surface area contributed by atoms with E-state index in [0.717, 1.165) is 44.2 Å². The lowest BCUT2D eigenvalue weighted by atomic mass is 9.86. The Kier molecular flexibility index (Phi) is 10.3. The van der Waals surface area contributed by atoms with E-state index in [-0.39, 0.29) is 11.8 Å². The molecule has 0 radical (unpaired) electrons. The summed E-state index contributed by atoms with van der Waals surface area (Å²) in [4.78, 5) is 25.7. The van der Waals surface area contributed by atoms with Gasteiger partial charge < -0.3 is 9.69 Å². The Hall–Kier alpha value is -0.590. The molecule has 6 heteroatoms. The lowest BCUT2D eigenvalue weighted by Gasteiger charge is -2.42. The maximum absolute atomic E-state index is 11.4. The van der Waals surface area contributed by atoms with E-state index >= 15 is 0 Å². The van der Waals surface area contributed by atoms with Crippen LogP contribution in [0, 0.1) is 11.8 Å². The van der Waals surface area contributed by atoms with Gasteiger partial charge >= 0.3 is 0 Å². The summed E-state index contributed by atoms with van der Waals surface area (Å²) < 4.78 is 2.59. The van der Waals surface area contributed by atoms with Crippen molar-refractivity contribution in [3.63, 3.8) is 0 Å². The highest BCUT2D eigenvalue weighted by Gasteiger charge is 2.29. The third-order valence-corrected chi connectivity index (χ3v) is 7.67. The fraction of sp³-hybridized carbons (Fsp3) is 0.909. The highest BCUT2D eigenvalue weighted by atomic mass is 32.2. The molecule has 2 saturated heterocycles. The first-order valence-corrected chi connectivity index (χ1v) is 12.1. The van der Waals surface area contributed by atoms with Crippen LogP contribution in [-0.4, -0.2) is 76.9 Å². The number of hydrogen-bond acceptors (Lipinski definition) is 5. The van der Waals surface area contributed by atoms with Crippen LogP contribution in [0.4, 0.5) is 0 Å². The van der Waals surface area contributed by atoms with Crippen LogP contribution in [0.1, 0.15) is 66.2 Å². The van der Waals surface area contributed by atoms with Crippen LogP contribution in [0.15, 0.2) is 0 Å². The summed E-state index contributed by atoms with van der Waals surface area (Å²) in [5.74, 6) is 1.39. The van der Waals surface area contributed by atoms with Crippen molar-refractivity contribution in [2.45, 2.75) is 77.5 Å². The maximum atomic E-state index is 11.4. The minimum atomic E-state index is 0.204. The predicted octanol–water partition coefficient (Wildman–Crippen LogP) is 3.68. The quantitative estimate of drug-likeness (QED) is 0.521. The Morgan fingerprint density at radius 2 is 1.46 bits per heavy atom. The van der Waals surface area contributed by atoms with Crippen molar-refractivity contribution in [2.75, 3.05) is 39.3 Å². The van der Waals surface area contributed by atoms with Gasteiger partial charge in [0.25, 0.3) is 0 Å². The van der Waals surface area contributed by atoms with Crippen molar-refractivity contribution in [3.05, 3.63) is 0 Å². The number of carbonyl (C=O) groups excluding carboxylic acids is 2. The zero-order chi connectivity index (χ0) is 20.5. The first-order valence-electron chi connectivity index (χ1n) is 11.3. The molecule has 3 fully saturated rings. The molecule has 2 heterocycles. The highest BCUT2D eigenvalue weighted by Crippen LogP contribution is 2.30. The molecule has 3 rings (SSSR count). The number of amides is 1. The number of nitrogens with zero attached hydrogens (tertiary/aromatic N) is 3. The number of hydrogen-bond donors (Lipinski definition) is 0. The van der Waals surface area contributed by atoms with Crippen LogP contribution in [0.2, 0.25) is 0 Å². The van der Waals surface area contributed by atoms with E-state index < -0.39 is 0 Å². The minimum Gasteiger partial charge on any atom is -0.343 e. The molecule has 0 aromatic carbocycles. The lowest BCUT2D eigenvalue weighted by molar-refractivity contribution is -0.129. The smallest absolute Gasteiger partial charge is 0.219 e. The molecule has 0 unspecified atom stereocenters.